The number of hydrogen-bond donors (Lipinski definition) is 0. The average molecular weight is 831 g/mol. The summed E-state index contributed by atoms with van der Waals surface area (Å²) in [5, 5.41) is 0. The van der Waals surface area contributed by atoms with Gasteiger partial charge in [0.2, 0.25) is 0 Å². The molecule has 8 rings (SSSR count). The van der Waals surface area contributed by atoms with Gasteiger partial charge in [0, 0.05) is 70.8 Å². The van der Waals surface area contributed by atoms with Crippen LogP contribution >= 0.6 is 0 Å². The molecule has 8 heteroatoms. The van der Waals surface area contributed by atoms with Gasteiger partial charge in [0.05, 0.1) is 5.41 Å². The molecule has 0 bridgehead atoms. The number of nitrogens with zero attached hydrogens (tertiary/aromatic N) is 4. The molecule has 0 amide bonds. The first kappa shape index (κ1) is 44.4. The number of hydrogen-bond acceptors (Lipinski definition) is 0. The third kappa shape index (κ3) is 10.5. The second-order valence-electron chi connectivity index (χ2n) is 13.7. The van der Waals surface area contributed by atoms with Crippen LogP contribution in [0.5, 0.6) is 0 Å². The molecule has 57 heavy (non-hydrogen) atoms. The van der Waals surface area contributed by atoms with E-state index >= 15 is 0 Å². The van der Waals surface area contributed by atoms with E-state index < -0.39 is 5.41 Å². The third-order valence-corrected chi connectivity index (χ3v) is 10.1. The van der Waals surface area contributed by atoms with Gasteiger partial charge in [0.1, 0.15) is 0 Å². The zero-order chi connectivity index (χ0) is 35.7. The molecule has 0 radical (unpaired) electrons. The topological polar surface area (TPSA) is 15.5 Å². The van der Waals surface area contributed by atoms with E-state index in [2.05, 4.69) is 238 Å². The highest BCUT2D eigenvalue weighted by molar-refractivity contribution is 5.60. The Morgan fingerprint density at radius 1 is 0.246 bits per heavy atom. The normalized spacial score (nSPS) is 10.5. The molecule has 0 aliphatic carbocycles. The quantitative estimate of drug-likeness (QED) is 0.0873. The number of pyridine rings is 4. The van der Waals surface area contributed by atoms with E-state index in [-0.39, 0.29) is 49.6 Å². The molecule has 4 aromatic heterocycles. The molecule has 4 nitrogen and oxygen atoms in total. The van der Waals surface area contributed by atoms with Crippen molar-refractivity contribution in [3.05, 3.63) is 264 Å². The Kier molecular flexibility index (Phi) is 16.5. The smallest absolute Gasteiger partial charge is 0.173 e. The highest BCUT2D eigenvalue weighted by Crippen LogP contribution is 2.45. The Bertz CT molecular complexity index is 2000. The van der Waals surface area contributed by atoms with E-state index in [1.165, 1.54) is 44.5 Å². The molecule has 0 aliphatic rings. The summed E-state index contributed by atoms with van der Waals surface area (Å²) >= 11 is 0. The molecular formula is C49H44Cl4N4. The average Bonchev–Trinajstić information content (AvgIpc) is 3.22. The maximum Gasteiger partial charge on any atom is 0.173 e. The Hall–Kier alpha value is -5.36. The number of rotatable bonds is 12. The molecule has 0 atom stereocenters. The van der Waals surface area contributed by atoms with Crippen LogP contribution in [0.15, 0.2) is 219 Å². The molecule has 0 saturated carbocycles. The standard InChI is InChI=1S/C49H44N4.4ClH/c1-5-29-50(30-6-1)37-41-13-21-45(22-14-41)49(46-23-15-42(16-24-46)38-51-31-7-2-8-32-51,47-25-17-43(18-26-47)39-52-33-9-3-10-34-52)48-27-19-44(20-28-48)40-53-35-11-4-12-36-53;;;;/h1-36H,37-40H2;4*1H/q+4;;;;/p-4. The van der Waals surface area contributed by atoms with Crippen molar-refractivity contribution in [1.82, 2.24) is 0 Å². The highest BCUT2D eigenvalue weighted by Gasteiger charge is 2.38. The SMILES string of the molecule is [Cl-].[Cl-].[Cl-].[Cl-].c1cc[n+](Cc2ccc(C(c3ccc(C[n+]4ccccc4)cc3)(c3ccc(C[n+]4ccccc4)cc3)c3ccc(C[n+]4ccccc4)cc3)cc2)cc1. The van der Waals surface area contributed by atoms with E-state index in [1.54, 1.807) is 0 Å². The van der Waals surface area contributed by atoms with Crippen molar-refractivity contribution in [3.63, 3.8) is 0 Å². The van der Waals surface area contributed by atoms with Gasteiger partial charge in [-0.2, -0.15) is 0 Å². The molecule has 288 valence electrons. The molecular weight excluding hydrogens is 786 g/mol. The largest absolute Gasteiger partial charge is 1.00 e. The van der Waals surface area contributed by atoms with Crippen LogP contribution in [0, 0.1) is 0 Å². The second-order valence-corrected chi connectivity index (χ2v) is 13.7. The van der Waals surface area contributed by atoms with Gasteiger partial charge in [0.15, 0.2) is 75.8 Å². The Morgan fingerprint density at radius 2 is 0.421 bits per heavy atom. The minimum absolute atomic E-state index is 0. The van der Waals surface area contributed by atoms with Crippen molar-refractivity contribution < 1.29 is 67.9 Å². The summed E-state index contributed by atoms with van der Waals surface area (Å²) in [7, 11) is 0. The maximum absolute atomic E-state index is 2.34. The fraction of sp³-hybridized carbons (Fsp3) is 0.102. The van der Waals surface area contributed by atoms with Crippen LogP contribution in [-0.4, -0.2) is 0 Å². The summed E-state index contributed by atoms with van der Waals surface area (Å²) in [5.74, 6) is 0. The molecule has 4 heterocycles. The fourth-order valence-corrected chi connectivity index (χ4v) is 7.44. The first-order chi connectivity index (χ1) is 26.2. The van der Waals surface area contributed by atoms with E-state index in [1.807, 2.05) is 0 Å². The molecule has 0 fully saturated rings. The molecule has 0 aliphatic heterocycles. The molecule has 8 aromatic rings. The van der Waals surface area contributed by atoms with Gasteiger partial charge < -0.3 is 49.6 Å². The molecule has 4 aromatic carbocycles. The lowest BCUT2D eigenvalue weighted by Gasteiger charge is -2.37. The lowest BCUT2D eigenvalue weighted by molar-refractivity contribution is -0.688. The number of halogens is 4. The minimum atomic E-state index is -0.562. The maximum atomic E-state index is 2.34. The van der Waals surface area contributed by atoms with E-state index in [9.17, 15) is 0 Å². The molecule has 0 saturated heterocycles. The Labute approximate surface area is 361 Å². The van der Waals surface area contributed by atoms with Crippen molar-refractivity contribution in [1.29, 1.82) is 0 Å². The zero-order valence-electron chi connectivity index (χ0n) is 31.4. The van der Waals surface area contributed by atoms with Crippen LogP contribution in [0.3, 0.4) is 0 Å². The predicted octanol–water partition coefficient (Wildman–Crippen LogP) is -4.57. The summed E-state index contributed by atoms with van der Waals surface area (Å²) in [6, 6.07) is 62.0. The first-order valence-electron chi connectivity index (χ1n) is 18.4. The van der Waals surface area contributed by atoms with Crippen LogP contribution in [0.1, 0.15) is 44.5 Å². The van der Waals surface area contributed by atoms with Crippen molar-refractivity contribution in [2.45, 2.75) is 31.6 Å². The third-order valence-electron chi connectivity index (χ3n) is 10.1. The monoisotopic (exact) mass is 828 g/mol. The van der Waals surface area contributed by atoms with E-state index in [0.29, 0.717) is 0 Å². The van der Waals surface area contributed by atoms with Gasteiger partial charge in [-0.15, -0.1) is 0 Å². The second kappa shape index (κ2) is 21.2. The van der Waals surface area contributed by atoms with Crippen LogP contribution in [-0.2, 0) is 31.6 Å². The summed E-state index contributed by atoms with van der Waals surface area (Å²) < 4.78 is 8.88. The van der Waals surface area contributed by atoms with Crippen LogP contribution < -0.4 is 67.9 Å². The predicted molar refractivity (Wildman–Crippen MR) is 208 cm³/mol. The van der Waals surface area contributed by atoms with Crippen molar-refractivity contribution in [2.75, 3.05) is 0 Å². The first-order valence-corrected chi connectivity index (χ1v) is 18.4. The lowest BCUT2D eigenvalue weighted by Crippen LogP contribution is -3.00. The molecule has 0 unspecified atom stereocenters. The highest BCUT2D eigenvalue weighted by atomic mass is 35.5. The van der Waals surface area contributed by atoms with Crippen LogP contribution in [0.4, 0.5) is 0 Å². The van der Waals surface area contributed by atoms with Gasteiger partial charge in [-0.25, -0.2) is 18.3 Å². The van der Waals surface area contributed by atoms with Crippen molar-refractivity contribution in [2.24, 2.45) is 0 Å². The summed E-state index contributed by atoms with van der Waals surface area (Å²) in [6.07, 6.45) is 17.0. The summed E-state index contributed by atoms with van der Waals surface area (Å²) in [6.45, 7) is 3.27. The molecule has 0 N–H and O–H groups in total. The Morgan fingerprint density at radius 3 is 0.596 bits per heavy atom. The molecule has 0 spiro atoms. The van der Waals surface area contributed by atoms with E-state index in [4.69, 9.17) is 0 Å². The fourth-order valence-electron chi connectivity index (χ4n) is 7.44. The minimum Gasteiger partial charge on any atom is -1.00 e. The summed E-state index contributed by atoms with van der Waals surface area (Å²) in [4.78, 5) is 0. The van der Waals surface area contributed by atoms with Crippen molar-refractivity contribution in [3.8, 4) is 0 Å². The zero-order valence-corrected chi connectivity index (χ0v) is 34.4. The van der Waals surface area contributed by atoms with Gasteiger partial charge in [-0.05, 0) is 22.3 Å². The van der Waals surface area contributed by atoms with Crippen LogP contribution in [0.25, 0.3) is 0 Å². The Balaban J connectivity index is 0.00000180. The number of benzene rings is 4. The van der Waals surface area contributed by atoms with Crippen LogP contribution in [0.2, 0.25) is 0 Å². The summed E-state index contributed by atoms with van der Waals surface area (Å²) in [5.41, 5.74) is 9.44. The lowest BCUT2D eigenvalue weighted by atomic mass is 9.65. The van der Waals surface area contributed by atoms with E-state index in [0.717, 1.165) is 26.2 Å². The number of aromatic nitrogens is 4. The van der Waals surface area contributed by atoms with Gasteiger partial charge in [0.25, 0.3) is 0 Å². The van der Waals surface area contributed by atoms with Crippen molar-refractivity contribution >= 4 is 0 Å². The van der Waals surface area contributed by atoms with Gasteiger partial charge in [-0.1, -0.05) is 121 Å². The van der Waals surface area contributed by atoms with Gasteiger partial charge >= 0.3 is 0 Å². The van der Waals surface area contributed by atoms with Gasteiger partial charge in [-0.3, -0.25) is 0 Å².